The van der Waals surface area contributed by atoms with Gasteiger partial charge in [-0.15, -0.1) is 0 Å². The zero-order valence-corrected chi connectivity index (χ0v) is 11.6. The van der Waals surface area contributed by atoms with E-state index in [0.29, 0.717) is 12.8 Å². The fourth-order valence-electron chi connectivity index (χ4n) is 1.86. The highest BCUT2D eigenvalue weighted by Gasteiger charge is 2.14. The Morgan fingerprint density at radius 3 is 2.61 bits per heavy atom. The summed E-state index contributed by atoms with van der Waals surface area (Å²) in [6, 6.07) is 0.135. The Labute approximate surface area is 108 Å². The van der Waals surface area contributed by atoms with Crippen molar-refractivity contribution >= 4 is 5.91 Å². The molecule has 18 heavy (non-hydrogen) atoms. The molecule has 0 spiro atoms. The molecule has 2 unspecified atom stereocenters. The topological polar surface area (TPSA) is 81.2 Å². The fraction of sp³-hybridized carbons (Fsp3) is 0.692. The minimum absolute atomic E-state index is 0.0477. The highest BCUT2D eigenvalue weighted by Crippen LogP contribution is 2.14. The van der Waals surface area contributed by atoms with Gasteiger partial charge in [0.05, 0.1) is 5.69 Å². The van der Waals surface area contributed by atoms with E-state index in [1.165, 1.54) is 0 Å². The van der Waals surface area contributed by atoms with E-state index in [-0.39, 0.29) is 18.0 Å². The molecule has 2 atom stereocenters. The average Bonchev–Trinajstić information content (AvgIpc) is 2.58. The van der Waals surface area contributed by atoms with Gasteiger partial charge in [0, 0.05) is 24.1 Å². The van der Waals surface area contributed by atoms with Crippen LogP contribution >= 0.6 is 0 Å². The molecule has 3 N–H and O–H groups in total. The summed E-state index contributed by atoms with van der Waals surface area (Å²) in [6.07, 6.45) is 1.93. The Morgan fingerprint density at radius 2 is 2.11 bits per heavy atom. The molecule has 5 heteroatoms. The van der Waals surface area contributed by atoms with E-state index in [0.717, 1.165) is 23.4 Å². The molecule has 0 saturated carbocycles. The van der Waals surface area contributed by atoms with E-state index in [1.807, 2.05) is 27.7 Å². The highest BCUT2D eigenvalue weighted by molar-refractivity contribution is 5.76. The van der Waals surface area contributed by atoms with Gasteiger partial charge in [0.15, 0.2) is 0 Å². The van der Waals surface area contributed by atoms with Crippen LogP contribution in [0.3, 0.4) is 0 Å². The molecule has 1 aromatic rings. The molecule has 1 rings (SSSR count). The molecule has 102 valence electrons. The number of aryl methyl sites for hydroxylation is 2. The van der Waals surface area contributed by atoms with Crippen LogP contribution in [0.15, 0.2) is 4.52 Å². The monoisotopic (exact) mass is 253 g/mol. The fourth-order valence-corrected chi connectivity index (χ4v) is 1.86. The zero-order valence-electron chi connectivity index (χ0n) is 11.6. The van der Waals surface area contributed by atoms with Crippen molar-refractivity contribution in [3.63, 3.8) is 0 Å². The lowest BCUT2D eigenvalue weighted by Gasteiger charge is -2.14. The molecular formula is C13H23N3O2. The maximum Gasteiger partial charge on any atom is 0.220 e. The first-order valence-electron chi connectivity index (χ1n) is 6.36. The van der Waals surface area contributed by atoms with Gasteiger partial charge in [0.2, 0.25) is 5.91 Å². The Morgan fingerprint density at radius 1 is 1.44 bits per heavy atom. The molecule has 1 aromatic heterocycles. The van der Waals surface area contributed by atoms with Gasteiger partial charge in [-0.1, -0.05) is 5.16 Å². The van der Waals surface area contributed by atoms with E-state index in [1.54, 1.807) is 0 Å². The molecule has 0 saturated heterocycles. The number of carbonyl (C=O) groups excluding carboxylic acids is 1. The van der Waals surface area contributed by atoms with Crippen molar-refractivity contribution in [2.45, 2.75) is 59.0 Å². The van der Waals surface area contributed by atoms with Gasteiger partial charge >= 0.3 is 0 Å². The Bertz CT molecular complexity index is 379. The number of nitrogens with one attached hydrogen (secondary N) is 1. The van der Waals surface area contributed by atoms with Gasteiger partial charge in [0.1, 0.15) is 5.76 Å². The maximum atomic E-state index is 11.7. The lowest BCUT2D eigenvalue weighted by Crippen LogP contribution is -2.35. The number of nitrogens with two attached hydrogens (primary N) is 1. The summed E-state index contributed by atoms with van der Waals surface area (Å²) < 4.78 is 5.10. The predicted molar refractivity (Wildman–Crippen MR) is 70.2 cm³/mol. The first-order valence-corrected chi connectivity index (χ1v) is 6.36. The van der Waals surface area contributed by atoms with Crippen molar-refractivity contribution in [3.05, 3.63) is 17.0 Å². The van der Waals surface area contributed by atoms with Crippen LogP contribution in [0.2, 0.25) is 0 Å². The normalized spacial score (nSPS) is 14.3. The number of amides is 1. The number of hydrogen-bond donors (Lipinski definition) is 2. The highest BCUT2D eigenvalue weighted by atomic mass is 16.5. The SMILES string of the molecule is Cc1noc(C)c1CC(C)NC(=O)CCC(C)N. The second-order valence-corrected chi connectivity index (χ2v) is 4.99. The minimum atomic E-state index is 0.0477. The summed E-state index contributed by atoms with van der Waals surface area (Å²) in [5.74, 6) is 0.871. The summed E-state index contributed by atoms with van der Waals surface area (Å²) in [5, 5.41) is 6.87. The van der Waals surface area contributed by atoms with Gasteiger partial charge in [-0.3, -0.25) is 4.79 Å². The van der Waals surface area contributed by atoms with Crippen molar-refractivity contribution in [3.8, 4) is 0 Å². The largest absolute Gasteiger partial charge is 0.361 e. The lowest BCUT2D eigenvalue weighted by atomic mass is 10.1. The third-order valence-electron chi connectivity index (χ3n) is 2.93. The second kappa shape index (κ2) is 6.54. The summed E-state index contributed by atoms with van der Waals surface area (Å²) >= 11 is 0. The van der Waals surface area contributed by atoms with Crippen LogP contribution in [0, 0.1) is 13.8 Å². The zero-order chi connectivity index (χ0) is 13.7. The predicted octanol–water partition coefficient (Wildman–Crippen LogP) is 1.47. The van der Waals surface area contributed by atoms with Crippen LogP contribution in [-0.4, -0.2) is 23.1 Å². The minimum Gasteiger partial charge on any atom is -0.361 e. The van der Waals surface area contributed by atoms with Crippen molar-refractivity contribution in [2.24, 2.45) is 5.73 Å². The van der Waals surface area contributed by atoms with Crippen molar-refractivity contribution in [1.29, 1.82) is 0 Å². The average molecular weight is 253 g/mol. The third-order valence-corrected chi connectivity index (χ3v) is 2.93. The van der Waals surface area contributed by atoms with E-state index < -0.39 is 0 Å². The molecule has 0 fully saturated rings. The molecule has 0 radical (unpaired) electrons. The van der Waals surface area contributed by atoms with E-state index in [2.05, 4.69) is 10.5 Å². The quantitative estimate of drug-likeness (QED) is 0.804. The van der Waals surface area contributed by atoms with E-state index >= 15 is 0 Å². The van der Waals surface area contributed by atoms with Crippen LogP contribution in [0.1, 0.15) is 43.7 Å². The lowest BCUT2D eigenvalue weighted by molar-refractivity contribution is -0.121. The molecule has 0 bridgehead atoms. The molecular weight excluding hydrogens is 230 g/mol. The first-order chi connectivity index (χ1) is 8.40. The van der Waals surface area contributed by atoms with Crippen LogP contribution in [0.25, 0.3) is 0 Å². The number of nitrogens with zero attached hydrogens (tertiary/aromatic N) is 1. The summed E-state index contributed by atoms with van der Waals surface area (Å²) in [7, 11) is 0. The van der Waals surface area contributed by atoms with Gasteiger partial charge in [0.25, 0.3) is 0 Å². The first kappa shape index (κ1) is 14.7. The van der Waals surface area contributed by atoms with Crippen molar-refractivity contribution in [2.75, 3.05) is 0 Å². The number of rotatable bonds is 6. The number of hydrogen-bond acceptors (Lipinski definition) is 4. The van der Waals surface area contributed by atoms with Crippen molar-refractivity contribution < 1.29 is 9.32 Å². The Kier molecular flexibility index (Phi) is 5.34. The van der Waals surface area contributed by atoms with Gasteiger partial charge in [-0.2, -0.15) is 0 Å². The molecule has 0 aliphatic carbocycles. The van der Waals surface area contributed by atoms with Crippen LogP contribution in [0.5, 0.6) is 0 Å². The van der Waals surface area contributed by atoms with Crippen LogP contribution in [0.4, 0.5) is 0 Å². The Balaban J connectivity index is 2.42. The van der Waals surface area contributed by atoms with Crippen molar-refractivity contribution in [1.82, 2.24) is 10.5 Å². The smallest absolute Gasteiger partial charge is 0.220 e. The third kappa shape index (κ3) is 4.49. The number of carbonyl (C=O) groups is 1. The summed E-state index contributed by atoms with van der Waals surface area (Å²) in [6.45, 7) is 7.69. The maximum absolute atomic E-state index is 11.7. The van der Waals surface area contributed by atoms with Gasteiger partial charge in [-0.25, -0.2) is 0 Å². The number of aromatic nitrogens is 1. The second-order valence-electron chi connectivity index (χ2n) is 4.99. The van der Waals surface area contributed by atoms with E-state index in [9.17, 15) is 4.79 Å². The van der Waals surface area contributed by atoms with Gasteiger partial charge in [-0.05, 0) is 40.5 Å². The Hall–Kier alpha value is -1.36. The molecule has 1 amide bonds. The molecule has 0 aromatic carbocycles. The molecule has 0 aliphatic rings. The molecule has 1 heterocycles. The summed E-state index contributed by atoms with van der Waals surface area (Å²) in [4.78, 5) is 11.7. The van der Waals surface area contributed by atoms with E-state index in [4.69, 9.17) is 10.3 Å². The molecule has 0 aliphatic heterocycles. The van der Waals surface area contributed by atoms with Crippen LogP contribution in [-0.2, 0) is 11.2 Å². The van der Waals surface area contributed by atoms with Gasteiger partial charge < -0.3 is 15.6 Å². The summed E-state index contributed by atoms with van der Waals surface area (Å²) in [5.41, 5.74) is 7.59. The standard InChI is InChI=1S/C13H23N3O2/c1-8(14)5-6-13(17)15-9(2)7-12-10(3)16-18-11(12)4/h8-9H,5-7,14H2,1-4H3,(H,15,17). The van der Waals surface area contributed by atoms with Crippen LogP contribution < -0.4 is 11.1 Å². The molecule has 5 nitrogen and oxygen atoms in total.